The van der Waals surface area contributed by atoms with Gasteiger partial charge >= 0.3 is 0 Å². The molecule has 1 aliphatic heterocycles. The van der Waals surface area contributed by atoms with E-state index in [4.69, 9.17) is 9.84 Å². The first-order valence-corrected chi connectivity index (χ1v) is 9.92. The summed E-state index contributed by atoms with van der Waals surface area (Å²) in [4.78, 5) is 14.9. The maximum Gasteiger partial charge on any atom is 0.263 e. The monoisotopic (exact) mass is 387 g/mol. The van der Waals surface area contributed by atoms with E-state index in [0.29, 0.717) is 6.42 Å². The molecular formula is C25H25NO3. The number of anilines is 2. The standard InChI is InChI=1S/C25H25NO3/c1-17(7-3-4-16-27)24(29-2)19-12-14-20(15-13-19)26-22-11-6-9-18-8-5-10-21(23(18)22)25(26)28/h3,5-15,17,24,27H,4,16H2,1-2H3/b7-3+/t17-,24+/m1/s1. The number of benzene rings is 3. The molecule has 0 bridgehead atoms. The predicted octanol–water partition coefficient (Wildman–Crippen LogP) is 5.39. The largest absolute Gasteiger partial charge is 0.396 e. The normalized spacial score (nSPS) is 15.4. The Kier molecular flexibility index (Phi) is 5.47. The average molecular weight is 387 g/mol. The second-order valence-electron chi connectivity index (χ2n) is 7.37. The third-order valence-corrected chi connectivity index (χ3v) is 5.50. The van der Waals surface area contributed by atoms with Gasteiger partial charge in [0.25, 0.3) is 5.91 Å². The lowest BCUT2D eigenvalue weighted by molar-refractivity contribution is 0.0740. The first kappa shape index (κ1) is 19.4. The van der Waals surface area contributed by atoms with Gasteiger partial charge in [-0.2, -0.15) is 0 Å². The molecule has 0 unspecified atom stereocenters. The molecule has 0 aliphatic carbocycles. The molecule has 1 heterocycles. The summed E-state index contributed by atoms with van der Waals surface area (Å²) in [7, 11) is 1.70. The van der Waals surface area contributed by atoms with E-state index in [1.165, 1.54) is 0 Å². The number of rotatable bonds is 7. The van der Waals surface area contributed by atoms with Crippen LogP contribution in [0.25, 0.3) is 10.8 Å². The van der Waals surface area contributed by atoms with Crippen LogP contribution >= 0.6 is 0 Å². The van der Waals surface area contributed by atoms with Gasteiger partial charge in [-0.15, -0.1) is 0 Å². The third kappa shape index (κ3) is 3.46. The van der Waals surface area contributed by atoms with Gasteiger partial charge in [-0.25, -0.2) is 0 Å². The molecule has 0 radical (unpaired) electrons. The van der Waals surface area contributed by atoms with Crippen molar-refractivity contribution < 1.29 is 14.6 Å². The highest BCUT2D eigenvalue weighted by Crippen LogP contribution is 2.41. The van der Waals surface area contributed by atoms with Crippen molar-refractivity contribution in [2.45, 2.75) is 19.4 Å². The van der Waals surface area contributed by atoms with E-state index >= 15 is 0 Å². The van der Waals surface area contributed by atoms with Crippen LogP contribution in [-0.4, -0.2) is 24.7 Å². The van der Waals surface area contributed by atoms with Crippen LogP contribution in [0.3, 0.4) is 0 Å². The van der Waals surface area contributed by atoms with Crippen molar-refractivity contribution in [1.29, 1.82) is 0 Å². The van der Waals surface area contributed by atoms with Gasteiger partial charge in [0.05, 0.1) is 17.4 Å². The number of nitrogens with zero attached hydrogens (tertiary/aromatic N) is 1. The SMILES string of the molecule is CO[C@H](c1ccc(N2C(=O)c3cccc4cccc2c34)cc1)[C@H](C)/C=C/CCO. The van der Waals surface area contributed by atoms with Crippen molar-refractivity contribution in [3.8, 4) is 0 Å². The van der Waals surface area contributed by atoms with Gasteiger partial charge in [-0.05, 0) is 41.6 Å². The highest BCUT2D eigenvalue weighted by Gasteiger charge is 2.30. The molecule has 0 saturated heterocycles. The quantitative estimate of drug-likeness (QED) is 0.553. The molecule has 4 rings (SSSR count). The zero-order valence-corrected chi connectivity index (χ0v) is 16.7. The summed E-state index contributed by atoms with van der Waals surface area (Å²) in [6, 6.07) is 19.9. The van der Waals surface area contributed by atoms with Crippen LogP contribution in [0, 0.1) is 5.92 Å². The van der Waals surface area contributed by atoms with E-state index in [-0.39, 0.29) is 24.5 Å². The van der Waals surface area contributed by atoms with Crippen LogP contribution in [0.2, 0.25) is 0 Å². The van der Waals surface area contributed by atoms with Gasteiger partial charge in [0.2, 0.25) is 0 Å². The Morgan fingerprint density at radius 1 is 1.07 bits per heavy atom. The molecule has 0 fully saturated rings. The molecule has 3 aromatic carbocycles. The van der Waals surface area contributed by atoms with Crippen molar-refractivity contribution in [3.63, 3.8) is 0 Å². The lowest BCUT2D eigenvalue weighted by Gasteiger charge is -2.22. The molecular weight excluding hydrogens is 362 g/mol. The Labute approximate surface area is 171 Å². The molecule has 4 nitrogen and oxygen atoms in total. The minimum Gasteiger partial charge on any atom is -0.396 e. The van der Waals surface area contributed by atoms with Crippen molar-refractivity contribution in [1.82, 2.24) is 0 Å². The van der Waals surface area contributed by atoms with Crippen molar-refractivity contribution in [3.05, 3.63) is 83.9 Å². The smallest absolute Gasteiger partial charge is 0.263 e. The van der Waals surface area contributed by atoms with Gasteiger partial charge in [-0.3, -0.25) is 9.69 Å². The summed E-state index contributed by atoms with van der Waals surface area (Å²) in [6.45, 7) is 2.24. The summed E-state index contributed by atoms with van der Waals surface area (Å²) in [5, 5.41) is 11.0. The Morgan fingerprint density at radius 3 is 2.48 bits per heavy atom. The van der Waals surface area contributed by atoms with Gasteiger partial charge in [-0.1, -0.05) is 55.5 Å². The van der Waals surface area contributed by atoms with Crippen molar-refractivity contribution in [2.24, 2.45) is 5.92 Å². The maximum absolute atomic E-state index is 13.1. The summed E-state index contributed by atoms with van der Waals surface area (Å²) in [5.74, 6) is 0.178. The first-order valence-electron chi connectivity index (χ1n) is 9.92. The summed E-state index contributed by atoms with van der Waals surface area (Å²) in [6.07, 6.45) is 4.60. The van der Waals surface area contributed by atoms with Crippen molar-refractivity contribution >= 4 is 28.1 Å². The van der Waals surface area contributed by atoms with E-state index < -0.39 is 0 Å². The fourth-order valence-corrected chi connectivity index (χ4v) is 4.13. The number of amides is 1. The van der Waals surface area contributed by atoms with Gasteiger partial charge in [0, 0.05) is 30.7 Å². The van der Waals surface area contributed by atoms with Gasteiger partial charge in [0.15, 0.2) is 0 Å². The number of hydrogen-bond donors (Lipinski definition) is 1. The maximum atomic E-state index is 13.1. The molecule has 1 aliphatic rings. The van der Waals surface area contributed by atoms with E-state index in [1.807, 2.05) is 66.7 Å². The zero-order chi connectivity index (χ0) is 20.4. The average Bonchev–Trinajstić information content (AvgIpc) is 3.03. The lowest BCUT2D eigenvalue weighted by atomic mass is 9.96. The topological polar surface area (TPSA) is 49.8 Å². The third-order valence-electron chi connectivity index (χ3n) is 5.50. The second-order valence-corrected chi connectivity index (χ2v) is 7.37. The minimum atomic E-state index is -0.0890. The number of carbonyl (C=O) groups excluding carboxylic acids is 1. The molecule has 29 heavy (non-hydrogen) atoms. The number of aliphatic hydroxyl groups excluding tert-OH is 1. The van der Waals surface area contributed by atoms with E-state index in [0.717, 1.165) is 33.3 Å². The predicted molar refractivity (Wildman–Crippen MR) is 117 cm³/mol. The first-order chi connectivity index (χ1) is 14.2. The summed E-state index contributed by atoms with van der Waals surface area (Å²) in [5.41, 5.74) is 3.58. The molecule has 1 N–H and O–H groups in total. The fourth-order valence-electron chi connectivity index (χ4n) is 4.13. The van der Waals surface area contributed by atoms with Crippen LogP contribution in [-0.2, 0) is 4.74 Å². The number of ether oxygens (including phenoxy) is 1. The Hall–Kier alpha value is -2.95. The van der Waals surface area contributed by atoms with E-state index in [9.17, 15) is 4.79 Å². The minimum absolute atomic E-state index is 0.00754. The van der Waals surface area contributed by atoms with Crippen LogP contribution in [0.5, 0.6) is 0 Å². The Balaban J connectivity index is 1.64. The summed E-state index contributed by atoms with van der Waals surface area (Å²) < 4.78 is 5.72. The molecule has 0 spiro atoms. The Bertz CT molecular complexity index is 1050. The van der Waals surface area contributed by atoms with Crippen LogP contribution in [0.4, 0.5) is 11.4 Å². The molecule has 4 heteroatoms. The number of hydrogen-bond acceptors (Lipinski definition) is 3. The second kappa shape index (κ2) is 8.19. The molecule has 0 saturated carbocycles. The Morgan fingerprint density at radius 2 is 1.79 bits per heavy atom. The van der Waals surface area contributed by atoms with Gasteiger partial charge < -0.3 is 9.84 Å². The van der Waals surface area contributed by atoms with Gasteiger partial charge in [0.1, 0.15) is 0 Å². The number of aliphatic hydroxyl groups is 1. The highest BCUT2D eigenvalue weighted by atomic mass is 16.5. The van der Waals surface area contributed by atoms with Crippen LogP contribution < -0.4 is 4.90 Å². The number of methoxy groups -OCH3 is 1. The van der Waals surface area contributed by atoms with Crippen LogP contribution in [0.1, 0.15) is 35.4 Å². The van der Waals surface area contributed by atoms with E-state index in [1.54, 1.807) is 12.0 Å². The highest BCUT2D eigenvalue weighted by molar-refractivity contribution is 6.27. The summed E-state index contributed by atoms with van der Waals surface area (Å²) >= 11 is 0. The zero-order valence-electron chi connectivity index (χ0n) is 16.7. The molecule has 1 amide bonds. The fraction of sp³-hybridized carbons (Fsp3) is 0.240. The molecule has 148 valence electrons. The van der Waals surface area contributed by atoms with Crippen LogP contribution in [0.15, 0.2) is 72.8 Å². The number of carbonyl (C=O) groups is 1. The lowest BCUT2D eigenvalue weighted by Crippen LogP contribution is -2.21. The van der Waals surface area contributed by atoms with E-state index in [2.05, 4.69) is 13.0 Å². The molecule has 2 atom stereocenters. The molecule has 0 aromatic heterocycles. The molecule has 3 aromatic rings. The van der Waals surface area contributed by atoms with Crippen molar-refractivity contribution in [2.75, 3.05) is 18.6 Å².